The van der Waals surface area contributed by atoms with Gasteiger partial charge >= 0.3 is 0 Å². The lowest BCUT2D eigenvalue weighted by Crippen LogP contribution is -2.37. The molecular weight excluding hydrogens is 310 g/mol. The van der Waals surface area contributed by atoms with Gasteiger partial charge in [0.15, 0.2) is 5.11 Å². The summed E-state index contributed by atoms with van der Waals surface area (Å²) in [5.41, 5.74) is 0. The molecule has 0 saturated heterocycles. The summed E-state index contributed by atoms with van der Waals surface area (Å²) in [6.45, 7) is 2.84. The quantitative estimate of drug-likeness (QED) is 0.434. The third kappa shape index (κ3) is 8.64. The molecule has 0 saturated carbocycles. The van der Waals surface area contributed by atoms with Crippen molar-refractivity contribution in [2.75, 3.05) is 39.5 Å². The topological polar surface area (TPSA) is 27.3 Å². The molecule has 0 aliphatic heterocycles. The van der Waals surface area contributed by atoms with Crippen molar-refractivity contribution in [3.63, 3.8) is 0 Å². The summed E-state index contributed by atoms with van der Waals surface area (Å²) in [5.74, 6) is 0.973. The van der Waals surface area contributed by atoms with Crippen molar-refractivity contribution in [2.45, 2.75) is 11.3 Å². The van der Waals surface area contributed by atoms with Gasteiger partial charge < -0.3 is 15.5 Å². The number of thiocarbonyl (C=S) groups is 1. The molecule has 0 bridgehead atoms. The Morgan fingerprint density at radius 3 is 2.50 bits per heavy atom. The van der Waals surface area contributed by atoms with E-state index in [1.165, 1.54) is 4.90 Å². The Hall–Kier alpha value is -0.490. The minimum atomic E-state index is 0.737. The highest BCUT2D eigenvalue weighted by atomic mass is 35.5. The molecule has 1 aromatic rings. The molecule has 20 heavy (non-hydrogen) atoms. The molecule has 112 valence electrons. The van der Waals surface area contributed by atoms with Crippen LogP contribution in [0.5, 0.6) is 0 Å². The van der Waals surface area contributed by atoms with Crippen LogP contribution in [0.1, 0.15) is 6.42 Å². The van der Waals surface area contributed by atoms with Crippen molar-refractivity contribution >= 4 is 40.7 Å². The molecule has 3 nitrogen and oxygen atoms in total. The first-order valence-corrected chi connectivity index (χ1v) is 8.40. The van der Waals surface area contributed by atoms with E-state index in [1.54, 1.807) is 11.8 Å². The largest absolute Gasteiger partial charge is 0.363 e. The zero-order valence-corrected chi connectivity index (χ0v) is 14.4. The van der Waals surface area contributed by atoms with Crippen LogP contribution in [0.15, 0.2) is 29.2 Å². The van der Waals surface area contributed by atoms with Gasteiger partial charge in [0.05, 0.1) is 0 Å². The van der Waals surface area contributed by atoms with Gasteiger partial charge in [-0.2, -0.15) is 0 Å². The molecule has 0 unspecified atom stereocenters. The van der Waals surface area contributed by atoms with Gasteiger partial charge in [-0.05, 0) is 63.5 Å². The normalized spacial score (nSPS) is 10.6. The lowest BCUT2D eigenvalue weighted by atomic mass is 10.4. The van der Waals surface area contributed by atoms with Crippen LogP contribution in [0.3, 0.4) is 0 Å². The fourth-order valence-electron chi connectivity index (χ4n) is 1.52. The van der Waals surface area contributed by atoms with Crippen molar-refractivity contribution in [3.8, 4) is 0 Å². The summed E-state index contributed by atoms with van der Waals surface area (Å²) in [7, 11) is 4.15. The summed E-state index contributed by atoms with van der Waals surface area (Å²) in [6.07, 6.45) is 1.09. The van der Waals surface area contributed by atoms with Crippen molar-refractivity contribution in [3.05, 3.63) is 29.3 Å². The zero-order valence-electron chi connectivity index (χ0n) is 12.0. The van der Waals surface area contributed by atoms with Crippen molar-refractivity contribution < 1.29 is 0 Å². The van der Waals surface area contributed by atoms with Crippen molar-refractivity contribution in [1.82, 2.24) is 15.5 Å². The van der Waals surface area contributed by atoms with Crippen LogP contribution < -0.4 is 10.6 Å². The number of halogens is 1. The Morgan fingerprint density at radius 2 is 1.85 bits per heavy atom. The number of nitrogens with zero attached hydrogens (tertiary/aromatic N) is 1. The van der Waals surface area contributed by atoms with Gasteiger partial charge in [0.2, 0.25) is 0 Å². The van der Waals surface area contributed by atoms with E-state index in [2.05, 4.69) is 29.6 Å². The Kier molecular flexibility index (Phi) is 9.02. The van der Waals surface area contributed by atoms with E-state index in [-0.39, 0.29) is 0 Å². The van der Waals surface area contributed by atoms with Gasteiger partial charge in [0, 0.05) is 28.8 Å². The van der Waals surface area contributed by atoms with E-state index >= 15 is 0 Å². The van der Waals surface area contributed by atoms with Gasteiger partial charge in [0.1, 0.15) is 0 Å². The molecule has 0 aliphatic rings. The maximum absolute atomic E-state index is 5.84. The first-order chi connectivity index (χ1) is 9.58. The lowest BCUT2D eigenvalue weighted by Gasteiger charge is -2.12. The van der Waals surface area contributed by atoms with Crippen LogP contribution in [0.4, 0.5) is 0 Å². The van der Waals surface area contributed by atoms with Gasteiger partial charge in [-0.3, -0.25) is 0 Å². The van der Waals surface area contributed by atoms with Crippen molar-refractivity contribution in [1.29, 1.82) is 0 Å². The molecule has 0 radical (unpaired) electrons. The highest BCUT2D eigenvalue weighted by Gasteiger charge is 1.97. The maximum Gasteiger partial charge on any atom is 0.166 e. The standard InChI is InChI=1S/C14H22ClN3S2/c1-18(2)10-3-8-16-14(19)17-9-11-20-13-6-4-12(15)5-7-13/h4-7H,3,8-11H2,1-2H3,(H2,16,17,19). The smallest absolute Gasteiger partial charge is 0.166 e. The number of benzene rings is 1. The van der Waals surface area contributed by atoms with E-state index in [0.29, 0.717) is 0 Å². The average Bonchev–Trinajstić information content (AvgIpc) is 2.41. The van der Waals surface area contributed by atoms with Gasteiger partial charge in [-0.1, -0.05) is 11.6 Å². The van der Waals surface area contributed by atoms with Crippen LogP contribution >= 0.6 is 35.6 Å². The molecule has 0 fully saturated rings. The minimum absolute atomic E-state index is 0.737. The predicted molar refractivity (Wildman–Crippen MR) is 94.0 cm³/mol. The molecule has 0 amide bonds. The van der Waals surface area contributed by atoms with Gasteiger partial charge in [0.25, 0.3) is 0 Å². The summed E-state index contributed by atoms with van der Waals surface area (Å²) >= 11 is 12.9. The minimum Gasteiger partial charge on any atom is -0.363 e. The number of hydrogen-bond acceptors (Lipinski definition) is 3. The second-order valence-corrected chi connectivity index (χ2v) is 6.65. The Bertz CT molecular complexity index is 396. The van der Waals surface area contributed by atoms with Crippen LogP contribution in [0.2, 0.25) is 5.02 Å². The molecule has 0 atom stereocenters. The van der Waals surface area contributed by atoms with E-state index in [9.17, 15) is 0 Å². The molecule has 0 heterocycles. The van der Waals surface area contributed by atoms with Crippen LogP contribution in [-0.4, -0.2) is 49.5 Å². The highest BCUT2D eigenvalue weighted by Crippen LogP contribution is 2.19. The summed E-state index contributed by atoms with van der Waals surface area (Å²) in [6, 6.07) is 7.89. The van der Waals surface area contributed by atoms with Crippen LogP contribution in [-0.2, 0) is 0 Å². The molecule has 0 aliphatic carbocycles. The van der Waals surface area contributed by atoms with E-state index in [0.717, 1.165) is 41.9 Å². The number of rotatable bonds is 8. The third-order valence-electron chi connectivity index (χ3n) is 2.54. The molecule has 1 aromatic carbocycles. The Morgan fingerprint density at radius 1 is 1.20 bits per heavy atom. The third-order valence-corrected chi connectivity index (χ3v) is 4.09. The fourth-order valence-corrected chi connectivity index (χ4v) is 2.62. The number of hydrogen-bond donors (Lipinski definition) is 2. The molecule has 1 rings (SSSR count). The van der Waals surface area contributed by atoms with E-state index in [1.807, 2.05) is 24.3 Å². The predicted octanol–water partition coefficient (Wildman–Crippen LogP) is 2.85. The SMILES string of the molecule is CN(C)CCCNC(=S)NCCSc1ccc(Cl)cc1. The average molecular weight is 332 g/mol. The van der Waals surface area contributed by atoms with Gasteiger partial charge in [-0.25, -0.2) is 0 Å². The van der Waals surface area contributed by atoms with Crippen molar-refractivity contribution in [2.24, 2.45) is 0 Å². The molecule has 2 N–H and O–H groups in total. The summed E-state index contributed by atoms with van der Waals surface area (Å²) in [4.78, 5) is 3.39. The van der Waals surface area contributed by atoms with E-state index < -0.39 is 0 Å². The number of thioether (sulfide) groups is 1. The first kappa shape index (κ1) is 17.6. The highest BCUT2D eigenvalue weighted by molar-refractivity contribution is 7.99. The number of nitrogens with one attached hydrogen (secondary N) is 2. The van der Waals surface area contributed by atoms with Crippen LogP contribution in [0, 0.1) is 0 Å². The second-order valence-electron chi connectivity index (χ2n) is 4.64. The zero-order chi connectivity index (χ0) is 14.8. The lowest BCUT2D eigenvalue weighted by molar-refractivity contribution is 0.400. The Labute approximate surface area is 136 Å². The summed E-state index contributed by atoms with van der Waals surface area (Å²) in [5, 5.41) is 7.93. The molecule has 6 heteroatoms. The van der Waals surface area contributed by atoms with E-state index in [4.69, 9.17) is 23.8 Å². The first-order valence-electron chi connectivity index (χ1n) is 6.63. The Balaban J connectivity index is 2.03. The van der Waals surface area contributed by atoms with Crippen LogP contribution in [0.25, 0.3) is 0 Å². The molecular formula is C14H22ClN3S2. The summed E-state index contributed by atoms with van der Waals surface area (Å²) < 4.78 is 0. The maximum atomic E-state index is 5.84. The fraction of sp³-hybridized carbons (Fsp3) is 0.500. The molecule has 0 spiro atoms. The molecule has 0 aromatic heterocycles. The second kappa shape index (κ2) is 10.3. The monoisotopic (exact) mass is 331 g/mol. The van der Waals surface area contributed by atoms with Gasteiger partial charge in [-0.15, -0.1) is 11.8 Å².